The number of aromatic nitrogens is 2. The zero-order valence-electron chi connectivity index (χ0n) is 18.5. The normalized spacial score (nSPS) is 19.5. The highest BCUT2D eigenvalue weighted by molar-refractivity contribution is 6.47. The molecule has 1 fully saturated rings. The topological polar surface area (TPSA) is 122 Å². The van der Waals surface area contributed by atoms with E-state index >= 15 is 0 Å². The van der Waals surface area contributed by atoms with Crippen LogP contribution >= 0.6 is 0 Å². The Morgan fingerprint density at radius 2 is 2.09 bits per heavy atom. The monoisotopic (exact) mass is 448 g/mol. The summed E-state index contributed by atoms with van der Waals surface area (Å²) in [6, 6.07) is 6.11. The van der Waals surface area contributed by atoms with Crippen molar-refractivity contribution in [2.45, 2.75) is 44.6 Å². The number of ether oxygens (including phenoxy) is 1. The number of nitrogens with two attached hydrogens (primary N) is 1. The molecule has 0 amide bonds. The van der Waals surface area contributed by atoms with Crippen LogP contribution in [0.4, 0.5) is 10.2 Å². The molecule has 1 saturated carbocycles. The summed E-state index contributed by atoms with van der Waals surface area (Å²) < 4.78 is 26.2. The van der Waals surface area contributed by atoms with Gasteiger partial charge in [-0.15, -0.1) is 0 Å². The Balaban J connectivity index is 1.74. The minimum Gasteiger partial charge on any atom is -0.482 e. The predicted molar refractivity (Wildman–Crippen MR) is 123 cm³/mol. The highest BCUT2D eigenvalue weighted by Gasteiger charge is 2.31. The average molecular weight is 449 g/mol. The van der Waals surface area contributed by atoms with Gasteiger partial charge < -0.3 is 20.4 Å². The molecule has 5 rings (SSSR count). The lowest BCUT2D eigenvalue weighted by Crippen LogP contribution is -2.23. The first kappa shape index (κ1) is 21.1. The molecule has 0 unspecified atom stereocenters. The summed E-state index contributed by atoms with van der Waals surface area (Å²) in [5, 5.41) is 17.7. The average Bonchev–Trinajstić information content (AvgIpc) is 3.15. The Labute approximate surface area is 190 Å². The first-order valence-electron chi connectivity index (χ1n) is 11.0. The van der Waals surface area contributed by atoms with Crippen LogP contribution in [-0.4, -0.2) is 28.6 Å². The van der Waals surface area contributed by atoms with Crippen LogP contribution < -0.4 is 15.9 Å². The molecule has 9 heteroatoms. The largest absolute Gasteiger partial charge is 0.482 e. The van der Waals surface area contributed by atoms with Gasteiger partial charge in [-0.3, -0.25) is 5.41 Å². The van der Waals surface area contributed by atoms with Crippen molar-refractivity contribution in [2.24, 2.45) is 5.10 Å². The van der Waals surface area contributed by atoms with Crippen molar-refractivity contribution < 1.29 is 13.7 Å². The Kier molecular flexibility index (Phi) is 5.32. The van der Waals surface area contributed by atoms with E-state index < -0.39 is 11.9 Å². The van der Waals surface area contributed by atoms with E-state index in [1.54, 1.807) is 26.2 Å². The van der Waals surface area contributed by atoms with E-state index in [4.69, 9.17) is 20.4 Å². The molecule has 1 aromatic carbocycles. The number of fused-ring (bicyclic) bond motifs is 5. The zero-order valence-corrected chi connectivity index (χ0v) is 18.5. The van der Waals surface area contributed by atoms with Gasteiger partial charge in [0.2, 0.25) is 0 Å². The zero-order chi connectivity index (χ0) is 23.1. The van der Waals surface area contributed by atoms with Crippen LogP contribution in [0.25, 0.3) is 11.1 Å². The fourth-order valence-corrected chi connectivity index (χ4v) is 4.39. The second kappa shape index (κ2) is 8.31. The number of benzene rings is 1. The molecule has 8 nitrogen and oxygen atoms in total. The number of hydrazone groups is 1. The van der Waals surface area contributed by atoms with Crippen molar-refractivity contribution in [3.8, 4) is 16.9 Å². The molecule has 2 aliphatic rings. The number of hydrogen-bond donors (Lipinski definition) is 3. The molecule has 3 aromatic rings. The minimum atomic E-state index is -0.585. The number of nitrogen functional groups attached to an aromatic ring is 1. The van der Waals surface area contributed by atoms with E-state index in [0.29, 0.717) is 34.3 Å². The van der Waals surface area contributed by atoms with Gasteiger partial charge in [0.1, 0.15) is 11.9 Å². The number of rotatable bonds is 2. The summed E-state index contributed by atoms with van der Waals surface area (Å²) in [6.45, 7) is 1.79. The molecule has 1 atom stereocenters. The summed E-state index contributed by atoms with van der Waals surface area (Å²) in [7, 11) is 1.67. The van der Waals surface area contributed by atoms with E-state index in [0.717, 1.165) is 36.1 Å². The van der Waals surface area contributed by atoms with Gasteiger partial charge in [0.15, 0.2) is 17.3 Å². The SMILES string of the molecule is CN/N=C1/Cc2onc(C3CCC3)c2-c2cnc(N)c(c2)O[C@H](C)c2cc(F)ccc2C1=N. The summed E-state index contributed by atoms with van der Waals surface area (Å²) in [6.07, 6.45) is 4.59. The molecule has 3 heterocycles. The number of nitrogens with one attached hydrogen (secondary N) is 2. The third-order valence-electron chi connectivity index (χ3n) is 6.34. The Morgan fingerprint density at radius 3 is 2.82 bits per heavy atom. The minimum absolute atomic E-state index is 0.151. The quantitative estimate of drug-likeness (QED) is 0.501. The van der Waals surface area contributed by atoms with Gasteiger partial charge in [-0.1, -0.05) is 11.6 Å². The smallest absolute Gasteiger partial charge is 0.166 e. The van der Waals surface area contributed by atoms with Crippen molar-refractivity contribution in [3.63, 3.8) is 0 Å². The second-order valence-corrected chi connectivity index (χ2v) is 8.43. The summed E-state index contributed by atoms with van der Waals surface area (Å²) in [5.41, 5.74) is 13.0. The predicted octanol–water partition coefficient (Wildman–Crippen LogP) is 4.36. The fraction of sp³-hybridized carbons (Fsp3) is 0.333. The van der Waals surface area contributed by atoms with Crippen LogP contribution in [0.5, 0.6) is 5.75 Å². The first-order chi connectivity index (χ1) is 16.0. The van der Waals surface area contributed by atoms with Crippen molar-refractivity contribution >= 4 is 17.2 Å². The van der Waals surface area contributed by atoms with Crippen LogP contribution in [0, 0.1) is 11.2 Å². The standard InChI is InChI=1S/C24H25FN6O2/c1-12-17-9-15(25)6-7-16(17)22(26)18(30-28-2)10-19-21(23(31-33-19)13-4-3-5-13)14-8-20(32-12)24(27)29-11-14/h6-9,11-13,26,28H,3-5,10H2,1-2H3,(H2,27,29)/b26-22?,30-18-/t12-/m1/s1. The maximum Gasteiger partial charge on any atom is 0.166 e. The lowest BCUT2D eigenvalue weighted by atomic mass is 9.80. The molecule has 2 bridgehead atoms. The number of hydrogen-bond acceptors (Lipinski definition) is 8. The lowest BCUT2D eigenvalue weighted by Gasteiger charge is -2.25. The highest BCUT2D eigenvalue weighted by Crippen LogP contribution is 2.43. The van der Waals surface area contributed by atoms with Crippen LogP contribution in [-0.2, 0) is 6.42 Å². The molecular formula is C24H25FN6O2. The first-order valence-corrected chi connectivity index (χ1v) is 11.0. The summed E-state index contributed by atoms with van der Waals surface area (Å²) in [4.78, 5) is 4.35. The summed E-state index contributed by atoms with van der Waals surface area (Å²) >= 11 is 0. The maximum absolute atomic E-state index is 14.2. The molecule has 4 N–H and O–H groups in total. The van der Waals surface area contributed by atoms with Crippen LogP contribution in [0.1, 0.15) is 60.8 Å². The van der Waals surface area contributed by atoms with Crippen LogP contribution in [0.15, 0.2) is 40.1 Å². The van der Waals surface area contributed by atoms with Gasteiger partial charge in [0.25, 0.3) is 0 Å². The molecule has 0 radical (unpaired) electrons. The second-order valence-electron chi connectivity index (χ2n) is 8.43. The third-order valence-corrected chi connectivity index (χ3v) is 6.34. The molecule has 1 aliphatic carbocycles. The van der Waals surface area contributed by atoms with E-state index in [-0.39, 0.29) is 18.0 Å². The van der Waals surface area contributed by atoms with Gasteiger partial charge in [-0.2, -0.15) is 5.10 Å². The molecule has 2 aromatic heterocycles. The van der Waals surface area contributed by atoms with Gasteiger partial charge in [0.05, 0.1) is 29.1 Å². The molecule has 33 heavy (non-hydrogen) atoms. The van der Waals surface area contributed by atoms with E-state index in [1.807, 2.05) is 6.07 Å². The highest BCUT2D eigenvalue weighted by atomic mass is 19.1. The lowest BCUT2D eigenvalue weighted by molar-refractivity contribution is 0.227. The maximum atomic E-state index is 14.2. The van der Waals surface area contributed by atoms with Gasteiger partial charge in [0, 0.05) is 35.9 Å². The molecule has 170 valence electrons. The fourth-order valence-electron chi connectivity index (χ4n) is 4.39. The number of pyridine rings is 1. The molecular weight excluding hydrogens is 423 g/mol. The van der Waals surface area contributed by atoms with Crippen molar-refractivity contribution in [1.82, 2.24) is 15.6 Å². The number of anilines is 1. The van der Waals surface area contributed by atoms with Crippen molar-refractivity contribution in [2.75, 3.05) is 12.8 Å². The molecule has 0 saturated heterocycles. The van der Waals surface area contributed by atoms with Crippen molar-refractivity contribution in [3.05, 3.63) is 58.9 Å². The van der Waals surface area contributed by atoms with Crippen LogP contribution in [0.3, 0.4) is 0 Å². The Hall–Kier alpha value is -3.75. The van der Waals surface area contributed by atoms with Gasteiger partial charge >= 0.3 is 0 Å². The van der Waals surface area contributed by atoms with E-state index in [2.05, 4.69) is 20.7 Å². The van der Waals surface area contributed by atoms with E-state index in [1.165, 1.54) is 12.1 Å². The third kappa shape index (κ3) is 3.73. The molecule has 1 aliphatic heterocycles. The van der Waals surface area contributed by atoms with Gasteiger partial charge in [-0.25, -0.2) is 9.37 Å². The number of nitrogens with zero attached hydrogens (tertiary/aromatic N) is 3. The Bertz CT molecular complexity index is 1260. The van der Waals surface area contributed by atoms with Gasteiger partial charge in [-0.05, 0) is 44.0 Å². The van der Waals surface area contributed by atoms with Crippen molar-refractivity contribution in [1.29, 1.82) is 5.41 Å². The van der Waals surface area contributed by atoms with Crippen LogP contribution in [0.2, 0.25) is 0 Å². The molecule has 0 spiro atoms. The Morgan fingerprint density at radius 1 is 1.27 bits per heavy atom. The number of halogens is 1. The summed E-state index contributed by atoms with van der Waals surface area (Å²) in [5.74, 6) is 1.11. The van der Waals surface area contributed by atoms with E-state index in [9.17, 15) is 4.39 Å².